The number of nitrogens with two attached hydrogens (primary N) is 1. The van der Waals surface area contributed by atoms with Gasteiger partial charge in [0.25, 0.3) is 0 Å². The number of nitrogens with zero attached hydrogens (tertiary/aromatic N) is 3. The summed E-state index contributed by atoms with van der Waals surface area (Å²) in [7, 11) is 0. The van der Waals surface area contributed by atoms with Crippen molar-refractivity contribution in [1.29, 1.82) is 0 Å². The highest BCUT2D eigenvalue weighted by Gasteiger charge is 2.16. The molecule has 31 heavy (non-hydrogen) atoms. The van der Waals surface area contributed by atoms with Crippen LogP contribution in [-0.2, 0) is 0 Å². The van der Waals surface area contributed by atoms with E-state index in [1.54, 1.807) is 44.5 Å². The van der Waals surface area contributed by atoms with Gasteiger partial charge in [0, 0.05) is 35.1 Å². The Kier molecular flexibility index (Phi) is 7.48. The first-order valence-corrected chi connectivity index (χ1v) is 10.6. The van der Waals surface area contributed by atoms with Gasteiger partial charge in [0.15, 0.2) is 0 Å². The van der Waals surface area contributed by atoms with Gasteiger partial charge in [0.2, 0.25) is 5.95 Å². The molecule has 166 valence electrons. The van der Waals surface area contributed by atoms with E-state index in [4.69, 9.17) is 22.3 Å². The van der Waals surface area contributed by atoms with Crippen molar-refractivity contribution in [2.45, 2.75) is 38.3 Å². The quantitative estimate of drug-likeness (QED) is 0.415. The standard InChI is InChI=1S/C22H29ClN6O2/c1-22(2,31)13-28-21-26-8-5-19(29-21)18(12-27-16-3-6-25-7-4-16)20(24)14-9-15(23)11-17(30)10-14/h5,8-12,16,25,30-31H,3-4,6-7,13,24H2,1-2H3,(H,26,28,29). The number of aromatic nitrogens is 2. The summed E-state index contributed by atoms with van der Waals surface area (Å²) in [5, 5.41) is 26.7. The lowest BCUT2D eigenvalue weighted by atomic mass is 10.0. The van der Waals surface area contributed by atoms with Gasteiger partial charge in [-0.25, -0.2) is 9.97 Å². The number of rotatable bonds is 7. The van der Waals surface area contributed by atoms with Gasteiger partial charge in [-0.15, -0.1) is 0 Å². The summed E-state index contributed by atoms with van der Waals surface area (Å²) in [6.07, 6.45) is 5.26. The Morgan fingerprint density at radius 1 is 1.35 bits per heavy atom. The van der Waals surface area contributed by atoms with Gasteiger partial charge >= 0.3 is 0 Å². The van der Waals surface area contributed by atoms with Crippen LogP contribution in [0.15, 0.2) is 35.5 Å². The third-order valence-electron chi connectivity index (χ3n) is 4.82. The number of piperidine rings is 1. The Bertz CT molecular complexity index is 944. The van der Waals surface area contributed by atoms with Crippen LogP contribution in [0.5, 0.6) is 5.75 Å². The van der Waals surface area contributed by atoms with Crippen molar-refractivity contribution in [3.05, 3.63) is 46.7 Å². The minimum Gasteiger partial charge on any atom is -0.508 e. The van der Waals surface area contributed by atoms with Crippen molar-refractivity contribution >= 4 is 35.0 Å². The summed E-state index contributed by atoms with van der Waals surface area (Å²) in [4.78, 5) is 13.5. The summed E-state index contributed by atoms with van der Waals surface area (Å²) in [5.41, 5.74) is 7.73. The summed E-state index contributed by atoms with van der Waals surface area (Å²) >= 11 is 6.11. The number of allylic oxidation sites excluding steroid dienone is 1. The van der Waals surface area contributed by atoms with E-state index in [2.05, 4.69) is 20.6 Å². The Hall–Kier alpha value is -2.68. The van der Waals surface area contributed by atoms with Gasteiger partial charge in [-0.2, -0.15) is 0 Å². The lowest BCUT2D eigenvalue weighted by Gasteiger charge is -2.19. The third kappa shape index (κ3) is 6.92. The fourth-order valence-electron chi connectivity index (χ4n) is 3.18. The van der Waals surface area contributed by atoms with Crippen LogP contribution < -0.4 is 16.4 Å². The number of aliphatic imine (C=N–C) groups is 1. The van der Waals surface area contributed by atoms with Crippen LogP contribution in [0, 0.1) is 0 Å². The molecule has 0 spiro atoms. The summed E-state index contributed by atoms with van der Waals surface area (Å²) < 4.78 is 0. The number of aliphatic hydroxyl groups is 1. The molecule has 2 aromatic rings. The number of benzene rings is 1. The second kappa shape index (κ2) is 10.1. The highest BCUT2D eigenvalue weighted by atomic mass is 35.5. The molecular weight excluding hydrogens is 416 g/mol. The number of anilines is 1. The van der Waals surface area contributed by atoms with Gasteiger partial charge < -0.3 is 26.6 Å². The van der Waals surface area contributed by atoms with E-state index in [1.807, 2.05) is 0 Å². The van der Waals surface area contributed by atoms with Crippen LogP contribution in [0.3, 0.4) is 0 Å². The third-order valence-corrected chi connectivity index (χ3v) is 5.04. The van der Waals surface area contributed by atoms with E-state index in [0.717, 1.165) is 25.9 Å². The zero-order valence-electron chi connectivity index (χ0n) is 17.8. The Balaban J connectivity index is 2.00. The first-order valence-electron chi connectivity index (χ1n) is 10.2. The lowest BCUT2D eigenvalue weighted by Crippen LogP contribution is -2.30. The number of phenolic OH excluding ortho intramolecular Hbond substituents is 1. The maximum absolute atomic E-state index is 9.96. The van der Waals surface area contributed by atoms with Crippen molar-refractivity contribution in [3.8, 4) is 5.75 Å². The van der Waals surface area contributed by atoms with Gasteiger partial charge in [0.05, 0.1) is 23.0 Å². The van der Waals surface area contributed by atoms with Crippen LogP contribution in [0.4, 0.5) is 5.95 Å². The zero-order valence-corrected chi connectivity index (χ0v) is 18.5. The monoisotopic (exact) mass is 444 g/mol. The molecule has 1 fully saturated rings. The van der Waals surface area contributed by atoms with E-state index in [-0.39, 0.29) is 18.3 Å². The molecule has 1 aromatic carbocycles. The highest BCUT2D eigenvalue weighted by molar-refractivity contribution is 6.31. The Morgan fingerprint density at radius 2 is 2.10 bits per heavy atom. The Labute approximate surface area is 187 Å². The fourth-order valence-corrected chi connectivity index (χ4v) is 3.41. The fraction of sp³-hybridized carbons (Fsp3) is 0.409. The van der Waals surface area contributed by atoms with E-state index >= 15 is 0 Å². The van der Waals surface area contributed by atoms with Crippen LogP contribution in [0.2, 0.25) is 5.02 Å². The van der Waals surface area contributed by atoms with Crippen molar-refractivity contribution < 1.29 is 10.2 Å². The van der Waals surface area contributed by atoms with Crippen LogP contribution in [0.25, 0.3) is 11.3 Å². The van der Waals surface area contributed by atoms with Gasteiger partial charge in [0.1, 0.15) is 5.75 Å². The number of nitrogens with one attached hydrogen (secondary N) is 2. The number of hydrogen-bond acceptors (Lipinski definition) is 8. The van der Waals surface area contributed by atoms with Gasteiger partial charge in [-0.1, -0.05) is 11.6 Å². The van der Waals surface area contributed by atoms with E-state index in [9.17, 15) is 10.2 Å². The molecular formula is C22H29ClN6O2. The van der Waals surface area contributed by atoms with Gasteiger partial charge in [-0.05, 0) is 64.0 Å². The first-order chi connectivity index (χ1) is 14.7. The molecule has 3 rings (SSSR count). The molecule has 0 amide bonds. The van der Waals surface area contributed by atoms with Crippen molar-refractivity contribution in [3.63, 3.8) is 0 Å². The topological polar surface area (TPSA) is 129 Å². The molecule has 8 nitrogen and oxygen atoms in total. The van der Waals surface area contributed by atoms with Crippen LogP contribution in [-0.4, -0.2) is 57.7 Å². The molecule has 6 N–H and O–H groups in total. The zero-order chi connectivity index (χ0) is 22.4. The molecule has 0 saturated carbocycles. The highest BCUT2D eigenvalue weighted by Crippen LogP contribution is 2.27. The minimum atomic E-state index is -0.911. The summed E-state index contributed by atoms with van der Waals surface area (Å²) in [5.74, 6) is 0.393. The number of halogens is 1. The molecule has 0 radical (unpaired) electrons. The number of hydrogen-bond donors (Lipinski definition) is 5. The average molecular weight is 445 g/mol. The molecule has 0 bridgehead atoms. The van der Waals surface area contributed by atoms with Crippen LogP contribution >= 0.6 is 11.6 Å². The SMILES string of the molecule is CC(C)(O)CNc1nccc(C(C=NC2CCNCC2)=C(N)c2cc(O)cc(Cl)c2)n1. The smallest absolute Gasteiger partial charge is 0.223 e. The second-order valence-electron chi connectivity index (χ2n) is 8.22. The molecule has 1 saturated heterocycles. The van der Waals surface area contributed by atoms with Crippen molar-refractivity contribution in [1.82, 2.24) is 15.3 Å². The normalized spacial score (nSPS) is 16.4. The number of phenols is 1. The molecule has 1 aliphatic heterocycles. The first kappa shape index (κ1) is 23.0. The lowest BCUT2D eigenvalue weighted by molar-refractivity contribution is 0.0943. The predicted octanol–water partition coefficient (Wildman–Crippen LogP) is 2.67. The summed E-state index contributed by atoms with van der Waals surface area (Å²) in [6.45, 7) is 5.54. The van der Waals surface area contributed by atoms with Gasteiger partial charge in [-0.3, -0.25) is 4.99 Å². The maximum Gasteiger partial charge on any atom is 0.223 e. The molecule has 1 aromatic heterocycles. The Morgan fingerprint density at radius 3 is 2.77 bits per heavy atom. The molecule has 0 aliphatic carbocycles. The van der Waals surface area contributed by atoms with E-state index < -0.39 is 5.60 Å². The molecule has 1 aliphatic rings. The number of aromatic hydroxyl groups is 1. The van der Waals surface area contributed by atoms with E-state index in [0.29, 0.717) is 33.5 Å². The average Bonchev–Trinajstić information content (AvgIpc) is 2.72. The summed E-state index contributed by atoms with van der Waals surface area (Å²) in [6, 6.07) is 6.63. The second-order valence-corrected chi connectivity index (χ2v) is 8.65. The molecule has 9 heteroatoms. The minimum absolute atomic E-state index is 0.0234. The largest absolute Gasteiger partial charge is 0.508 e. The van der Waals surface area contributed by atoms with Crippen LogP contribution in [0.1, 0.15) is 37.9 Å². The molecule has 0 unspecified atom stereocenters. The van der Waals surface area contributed by atoms with Crippen molar-refractivity contribution in [2.24, 2.45) is 10.7 Å². The van der Waals surface area contributed by atoms with Crippen molar-refractivity contribution in [2.75, 3.05) is 25.0 Å². The predicted molar refractivity (Wildman–Crippen MR) is 125 cm³/mol. The maximum atomic E-state index is 9.96. The molecule has 2 heterocycles. The molecule has 0 atom stereocenters. The van der Waals surface area contributed by atoms with E-state index in [1.165, 1.54) is 6.07 Å².